The van der Waals surface area contributed by atoms with Crippen LogP contribution in [0.15, 0.2) is 24.3 Å². The van der Waals surface area contributed by atoms with Crippen LogP contribution >= 0.6 is 0 Å². The summed E-state index contributed by atoms with van der Waals surface area (Å²) >= 11 is 0. The van der Waals surface area contributed by atoms with Gasteiger partial charge in [0, 0.05) is 24.2 Å². The number of hydrogen-bond donors (Lipinski definition) is 1. The predicted octanol–water partition coefficient (Wildman–Crippen LogP) is 1.12. The lowest BCUT2D eigenvalue weighted by molar-refractivity contribution is -0.948. The molecule has 0 amide bonds. The van der Waals surface area contributed by atoms with Crippen LogP contribution in [0.4, 0.5) is 0 Å². The molecule has 0 aliphatic carbocycles. The quantitative estimate of drug-likeness (QED) is 0.603. The molecule has 2 heteroatoms. The number of quaternary nitrogens is 1. The Morgan fingerprint density at radius 2 is 1.50 bits per heavy atom. The first-order valence-corrected chi connectivity index (χ1v) is 5.51. The van der Waals surface area contributed by atoms with Gasteiger partial charge in [-0.1, -0.05) is 24.3 Å². The van der Waals surface area contributed by atoms with Crippen molar-refractivity contribution in [1.29, 1.82) is 0 Å². The number of nitrogens with one attached hydrogen (secondary N) is 1. The molecule has 1 spiro atoms. The molecule has 2 aliphatic rings. The van der Waals surface area contributed by atoms with Crippen LogP contribution in [0.2, 0.25) is 0 Å². The summed E-state index contributed by atoms with van der Waals surface area (Å²) < 4.78 is 1.30. The zero-order chi connectivity index (χ0) is 9.43. The molecule has 0 saturated carbocycles. The van der Waals surface area contributed by atoms with Crippen molar-refractivity contribution >= 4 is 0 Å². The van der Waals surface area contributed by atoms with E-state index < -0.39 is 0 Å². The van der Waals surface area contributed by atoms with Crippen molar-refractivity contribution < 1.29 is 4.48 Å². The van der Waals surface area contributed by atoms with Crippen LogP contribution < -0.4 is 5.32 Å². The van der Waals surface area contributed by atoms with Gasteiger partial charge < -0.3 is 9.80 Å². The van der Waals surface area contributed by atoms with Crippen LogP contribution in [0.3, 0.4) is 0 Å². The number of piperazine rings is 1. The average molecular weight is 189 g/mol. The van der Waals surface area contributed by atoms with E-state index in [4.69, 9.17) is 0 Å². The van der Waals surface area contributed by atoms with E-state index in [9.17, 15) is 0 Å². The van der Waals surface area contributed by atoms with Crippen LogP contribution in [-0.2, 0) is 13.1 Å². The van der Waals surface area contributed by atoms with Crippen molar-refractivity contribution in [3.8, 4) is 0 Å². The van der Waals surface area contributed by atoms with Gasteiger partial charge >= 0.3 is 0 Å². The van der Waals surface area contributed by atoms with Crippen molar-refractivity contribution in [3.05, 3.63) is 35.4 Å². The van der Waals surface area contributed by atoms with E-state index in [0.29, 0.717) is 0 Å². The van der Waals surface area contributed by atoms with Gasteiger partial charge in [-0.25, -0.2) is 0 Å². The maximum absolute atomic E-state index is 3.45. The second-order valence-corrected chi connectivity index (χ2v) is 4.62. The Balaban J connectivity index is 1.89. The minimum absolute atomic E-state index is 1.19. The molecule has 0 radical (unpaired) electrons. The zero-order valence-electron chi connectivity index (χ0n) is 8.50. The molecule has 0 aromatic heterocycles. The van der Waals surface area contributed by atoms with Crippen molar-refractivity contribution in [2.75, 3.05) is 26.2 Å². The molecule has 0 bridgehead atoms. The topological polar surface area (TPSA) is 12.0 Å². The first kappa shape index (κ1) is 8.45. The Bertz CT molecular complexity index is 313. The summed E-state index contributed by atoms with van der Waals surface area (Å²) in [5, 5.41) is 3.45. The largest absolute Gasteiger partial charge is 0.314 e. The molecule has 1 saturated heterocycles. The second-order valence-electron chi connectivity index (χ2n) is 4.62. The molecule has 2 heterocycles. The van der Waals surface area contributed by atoms with Crippen molar-refractivity contribution in [3.63, 3.8) is 0 Å². The first-order valence-electron chi connectivity index (χ1n) is 5.51. The van der Waals surface area contributed by atoms with E-state index in [2.05, 4.69) is 29.6 Å². The number of benzene rings is 1. The summed E-state index contributed by atoms with van der Waals surface area (Å²) in [5.41, 5.74) is 3.16. The molecule has 3 rings (SSSR count). The lowest BCUT2D eigenvalue weighted by Gasteiger charge is -2.37. The summed E-state index contributed by atoms with van der Waals surface area (Å²) in [4.78, 5) is 0. The Morgan fingerprint density at radius 3 is 2.07 bits per heavy atom. The molecule has 0 unspecified atom stereocenters. The summed E-state index contributed by atoms with van der Waals surface area (Å²) in [6, 6.07) is 8.93. The van der Waals surface area contributed by atoms with Gasteiger partial charge in [-0.05, 0) is 0 Å². The van der Waals surface area contributed by atoms with E-state index in [0.717, 1.165) is 0 Å². The molecule has 1 N–H and O–H groups in total. The molecule has 0 atom stereocenters. The lowest BCUT2D eigenvalue weighted by atomic mass is 10.1. The summed E-state index contributed by atoms with van der Waals surface area (Å²) in [5.74, 6) is 0. The SMILES string of the molecule is c1ccc2c(c1)C[N+]1(CCNCC1)C2. The zero-order valence-corrected chi connectivity index (χ0v) is 8.50. The van der Waals surface area contributed by atoms with Crippen molar-refractivity contribution in [1.82, 2.24) is 5.32 Å². The van der Waals surface area contributed by atoms with Gasteiger partial charge in [0.05, 0.1) is 13.1 Å². The highest BCUT2D eigenvalue weighted by molar-refractivity contribution is 5.28. The fraction of sp³-hybridized carbons (Fsp3) is 0.500. The normalized spacial score (nSPS) is 23.7. The van der Waals surface area contributed by atoms with Crippen LogP contribution in [0.1, 0.15) is 11.1 Å². The average Bonchev–Trinajstić information content (AvgIpc) is 2.56. The second kappa shape index (κ2) is 3.07. The molecule has 2 aliphatic heterocycles. The minimum atomic E-state index is 1.19. The van der Waals surface area contributed by atoms with Gasteiger partial charge in [0.1, 0.15) is 13.1 Å². The molecular formula is C12H17N2+. The van der Waals surface area contributed by atoms with Gasteiger partial charge in [0.2, 0.25) is 0 Å². The minimum Gasteiger partial charge on any atom is -0.314 e. The Morgan fingerprint density at radius 1 is 0.929 bits per heavy atom. The standard InChI is InChI=1S/C12H17N2/c1-2-4-12-10-14(9-11(12)3-1)7-5-13-6-8-14/h1-4,13H,5-10H2/q+1. The van der Waals surface area contributed by atoms with Crippen LogP contribution in [-0.4, -0.2) is 30.7 Å². The fourth-order valence-electron chi connectivity index (χ4n) is 2.83. The third kappa shape index (κ3) is 1.26. The highest BCUT2D eigenvalue weighted by Gasteiger charge is 2.36. The number of rotatable bonds is 0. The van der Waals surface area contributed by atoms with Gasteiger partial charge in [-0.15, -0.1) is 0 Å². The van der Waals surface area contributed by atoms with E-state index in [1.165, 1.54) is 43.8 Å². The number of hydrogen-bond acceptors (Lipinski definition) is 1. The third-order valence-electron chi connectivity index (χ3n) is 3.66. The van der Waals surface area contributed by atoms with E-state index >= 15 is 0 Å². The molecule has 74 valence electrons. The molecule has 14 heavy (non-hydrogen) atoms. The lowest BCUT2D eigenvalue weighted by Crippen LogP contribution is -2.55. The maximum Gasteiger partial charge on any atom is 0.105 e. The highest BCUT2D eigenvalue weighted by Crippen LogP contribution is 2.29. The van der Waals surface area contributed by atoms with Crippen LogP contribution in [0.5, 0.6) is 0 Å². The van der Waals surface area contributed by atoms with Gasteiger partial charge in [-0.2, -0.15) is 0 Å². The first-order chi connectivity index (χ1) is 6.88. The van der Waals surface area contributed by atoms with Gasteiger partial charge in [-0.3, -0.25) is 0 Å². The Hall–Kier alpha value is -0.860. The monoisotopic (exact) mass is 189 g/mol. The predicted molar refractivity (Wildman–Crippen MR) is 56.7 cm³/mol. The van der Waals surface area contributed by atoms with E-state index in [-0.39, 0.29) is 0 Å². The van der Waals surface area contributed by atoms with E-state index in [1.54, 1.807) is 11.1 Å². The summed E-state index contributed by atoms with van der Waals surface area (Å²) in [7, 11) is 0. The maximum atomic E-state index is 3.45. The highest BCUT2D eigenvalue weighted by atomic mass is 15.4. The fourth-order valence-corrected chi connectivity index (χ4v) is 2.83. The van der Waals surface area contributed by atoms with Gasteiger partial charge in [0.25, 0.3) is 0 Å². The molecular weight excluding hydrogens is 172 g/mol. The summed E-state index contributed by atoms with van der Waals surface area (Å²) in [6.07, 6.45) is 0. The van der Waals surface area contributed by atoms with Gasteiger partial charge in [0.15, 0.2) is 0 Å². The molecule has 1 aromatic rings. The summed E-state index contributed by atoms with van der Waals surface area (Å²) in [6.45, 7) is 7.50. The Kier molecular flexibility index (Phi) is 1.85. The molecule has 1 aromatic carbocycles. The van der Waals surface area contributed by atoms with Crippen LogP contribution in [0, 0.1) is 0 Å². The Labute approximate surface area is 85.1 Å². The number of fused-ring (bicyclic) bond motifs is 1. The molecule has 1 fully saturated rings. The third-order valence-corrected chi connectivity index (χ3v) is 3.66. The smallest absolute Gasteiger partial charge is 0.105 e. The van der Waals surface area contributed by atoms with Crippen molar-refractivity contribution in [2.24, 2.45) is 0 Å². The number of nitrogens with zero attached hydrogens (tertiary/aromatic N) is 1. The van der Waals surface area contributed by atoms with Crippen LogP contribution in [0.25, 0.3) is 0 Å². The molecule has 2 nitrogen and oxygen atoms in total. The van der Waals surface area contributed by atoms with E-state index in [1.807, 2.05) is 0 Å². The van der Waals surface area contributed by atoms with Crippen molar-refractivity contribution in [2.45, 2.75) is 13.1 Å².